The van der Waals surface area contributed by atoms with Crippen molar-refractivity contribution in [2.45, 2.75) is 45.6 Å². The summed E-state index contributed by atoms with van der Waals surface area (Å²) in [6, 6.07) is 5.18. The molecule has 220 valence electrons. The van der Waals surface area contributed by atoms with Crippen LogP contribution in [0.15, 0.2) is 46.0 Å². The second-order valence-corrected chi connectivity index (χ2v) is 11.6. The zero-order chi connectivity index (χ0) is 29.7. The quantitative estimate of drug-likeness (QED) is 0.472. The molecule has 1 aromatic carbocycles. The lowest BCUT2D eigenvalue weighted by Gasteiger charge is -2.42. The number of aromatic nitrogens is 2. The SMILES string of the molecule is CC(C)C[C@@H]1NC(=O)c2cc(Cl)ccc2OC/C=C/CC2(CCN(C(=O)c3cc(=O)n(C)c(=O)[nH]3)CC2)CNC1=O. The van der Waals surface area contributed by atoms with Crippen LogP contribution in [0, 0.1) is 11.3 Å². The summed E-state index contributed by atoms with van der Waals surface area (Å²) < 4.78 is 6.79. The van der Waals surface area contributed by atoms with E-state index in [2.05, 4.69) is 15.6 Å². The van der Waals surface area contributed by atoms with E-state index in [1.165, 1.54) is 13.1 Å². The van der Waals surface area contributed by atoms with Crippen molar-refractivity contribution in [2.24, 2.45) is 18.4 Å². The van der Waals surface area contributed by atoms with Crippen LogP contribution in [0.2, 0.25) is 5.02 Å². The molecule has 3 heterocycles. The average molecular weight is 586 g/mol. The molecule has 1 atom stereocenters. The van der Waals surface area contributed by atoms with E-state index in [0.717, 1.165) is 10.6 Å². The third kappa shape index (κ3) is 7.27. The van der Waals surface area contributed by atoms with Crippen molar-refractivity contribution in [3.63, 3.8) is 0 Å². The number of amides is 3. The number of hydrogen-bond acceptors (Lipinski definition) is 6. The minimum absolute atomic E-state index is 0.0424. The number of halogens is 1. The summed E-state index contributed by atoms with van der Waals surface area (Å²) in [7, 11) is 1.34. The van der Waals surface area contributed by atoms with Gasteiger partial charge in [0.2, 0.25) is 5.91 Å². The molecule has 1 fully saturated rings. The van der Waals surface area contributed by atoms with Crippen LogP contribution in [0.5, 0.6) is 5.75 Å². The molecule has 1 saturated heterocycles. The van der Waals surface area contributed by atoms with Gasteiger partial charge in [-0.1, -0.05) is 37.6 Å². The molecule has 3 amide bonds. The van der Waals surface area contributed by atoms with Gasteiger partial charge in [0.15, 0.2) is 0 Å². The number of fused-ring (bicyclic) bond motifs is 1. The largest absolute Gasteiger partial charge is 0.489 e. The van der Waals surface area contributed by atoms with Gasteiger partial charge in [-0.05, 0) is 55.2 Å². The zero-order valence-corrected chi connectivity index (χ0v) is 24.3. The van der Waals surface area contributed by atoms with Crippen LogP contribution in [0.1, 0.15) is 60.4 Å². The molecule has 41 heavy (non-hydrogen) atoms. The fourth-order valence-corrected chi connectivity index (χ4v) is 5.33. The Bertz CT molecular complexity index is 1420. The average Bonchev–Trinajstić information content (AvgIpc) is 2.93. The van der Waals surface area contributed by atoms with E-state index in [-0.39, 0.29) is 35.1 Å². The molecule has 0 radical (unpaired) electrons. The van der Waals surface area contributed by atoms with Crippen molar-refractivity contribution < 1.29 is 19.1 Å². The summed E-state index contributed by atoms with van der Waals surface area (Å²) in [5.74, 6) is -0.630. The van der Waals surface area contributed by atoms with E-state index >= 15 is 0 Å². The van der Waals surface area contributed by atoms with Crippen LogP contribution in [-0.2, 0) is 11.8 Å². The summed E-state index contributed by atoms with van der Waals surface area (Å²) in [4.78, 5) is 67.8. The lowest BCUT2D eigenvalue weighted by Crippen LogP contribution is -2.52. The second kappa shape index (κ2) is 12.8. The lowest BCUT2D eigenvalue weighted by atomic mass is 9.75. The Balaban J connectivity index is 1.54. The van der Waals surface area contributed by atoms with Crippen LogP contribution < -0.4 is 26.6 Å². The Hall–Kier alpha value is -3.86. The maximum Gasteiger partial charge on any atom is 0.328 e. The molecule has 1 spiro atoms. The molecule has 0 unspecified atom stereocenters. The van der Waals surface area contributed by atoms with Gasteiger partial charge in [0.25, 0.3) is 17.4 Å². The number of H-pyrrole nitrogens is 1. The number of carbonyl (C=O) groups excluding carboxylic acids is 3. The normalized spacial score (nSPS) is 20.4. The number of benzene rings is 1. The van der Waals surface area contributed by atoms with E-state index in [1.54, 1.807) is 17.0 Å². The number of aromatic amines is 1. The Morgan fingerprint density at radius 2 is 1.85 bits per heavy atom. The highest BCUT2D eigenvalue weighted by molar-refractivity contribution is 6.31. The van der Waals surface area contributed by atoms with Gasteiger partial charge >= 0.3 is 5.69 Å². The summed E-state index contributed by atoms with van der Waals surface area (Å²) in [5, 5.41) is 6.31. The van der Waals surface area contributed by atoms with Gasteiger partial charge in [0.1, 0.15) is 24.1 Å². The molecule has 1 aromatic heterocycles. The number of hydrogen-bond donors (Lipinski definition) is 3. The molecule has 12 heteroatoms. The fourth-order valence-electron chi connectivity index (χ4n) is 5.16. The van der Waals surface area contributed by atoms with Crippen molar-refractivity contribution >= 4 is 29.3 Å². The number of likely N-dealkylation sites (tertiary alicyclic amines) is 1. The van der Waals surface area contributed by atoms with Crippen LogP contribution in [0.3, 0.4) is 0 Å². The van der Waals surface area contributed by atoms with E-state index in [4.69, 9.17) is 16.3 Å². The first-order valence-electron chi connectivity index (χ1n) is 13.7. The number of ether oxygens (including phenoxy) is 1. The van der Waals surface area contributed by atoms with Gasteiger partial charge in [-0.3, -0.25) is 23.7 Å². The predicted molar refractivity (Wildman–Crippen MR) is 154 cm³/mol. The van der Waals surface area contributed by atoms with Crippen LogP contribution in [-0.4, -0.2) is 64.5 Å². The zero-order valence-electron chi connectivity index (χ0n) is 23.5. The molecule has 2 aromatic rings. The predicted octanol–water partition coefficient (Wildman–Crippen LogP) is 2.25. The Morgan fingerprint density at radius 1 is 1.12 bits per heavy atom. The summed E-state index contributed by atoms with van der Waals surface area (Å²) in [6.07, 6.45) is 6.11. The highest BCUT2D eigenvalue weighted by Crippen LogP contribution is 2.35. The number of piperidine rings is 1. The van der Waals surface area contributed by atoms with Gasteiger partial charge in [-0.2, -0.15) is 0 Å². The topological polar surface area (TPSA) is 143 Å². The Morgan fingerprint density at radius 3 is 2.54 bits per heavy atom. The van der Waals surface area contributed by atoms with Crippen LogP contribution in [0.25, 0.3) is 0 Å². The van der Waals surface area contributed by atoms with Crippen molar-refractivity contribution in [3.05, 3.63) is 73.5 Å². The molecule has 2 aliphatic rings. The third-order valence-electron chi connectivity index (χ3n) is 7.69. The summed E-state index contributed by atoms with van der Waals surface area (Å²) in [5.41, 5.74) is -1.33. The molecular weight excluding hydrogens is 550 g/mol. The smallest absolute Gasteiger partial charge is 0.328 e. The highest BCUT2D eigenvalue weighted by Gasteiger charge is 2.37. The number of carbonyl (C=O) groups is 3. The minimum Gasteiger partial charge on any atom is -0.489 e. The first-order valence-corrected chi connectivity index (χ1v) is 14.1. The first kappa shape index (κ1) is 30.1. The molecule has 2 aliphatic heterocycles. The van der Waals surface area contributed by atoms with Crippen molar-refractivity contribution in [1.82, 2.24) is 25.1 Å². The molecule has 0 aliphatic carbocycles. The van der Waals surface area contributed by atoms with E-state index in [1.807, 2.05) is 26.0 Å². The molecular formula is C29H36ClN5O6. The van der Waals surface area contributed by atoms with Gasteiger partial charge < -0.3 is 25.3 Å². The number of nitrogens with zero attached hydrogens (tertiary/aromatic N) is 2. The number of allylic oxidation sites excluding steroid dienone is 1. The maximum absolute atomic E-state index is 13.4. The monoisotopic (exact) mass is 585 g/mol. The highest BCUT2D eigenvalue weighted by atomic mass is 35.5. The van der Waals surface area contributed by atoms with E-state index in [9.17, 15) is 24.0 Å². The lowest BCUT2D eigenvalue weighted by molar-refractivity contribution is -0.124. The number of nitrogens with one attached hydrogen (secondary N) is 3. The third-order valence-corrected chi connectivity index (χ3v) is 7.93. The van der Waals surface area contributed by atoms with Crippen LogP contribution in [0.4, 0.5) is 0 Å². The summed E-state index contributed by atoms with van der Waals surface area (Å²) >= 11 is 6.15. The van der Waals surface area contributed by atoms with E-state index < -0.39 is 29.1 Å². The first-order chi connectivity index (χ1) is 19.5. The Kier molecular flexibility index (Phi) is 9.37. The minimum atomic E-state index is -0.760. The van der Waals surface area contributed by atoms with Crippen molar-refractivity contribution in [3.8, 4) is 5.75 Å². The standard InChI is InChI=1S/C29H36ClN5O6/c1-18(2)14-21-26(38)31-17-29(8-4-5-13-41-23-7-6-19(30)15-20(23)25(37)32-21)9-11-35(12-10-29)27(39)22-16-24(36)34(3)28(40)33-22/h4-7,15-16,18,21H,8-14,17H2,1-3H3,(H,31,38)(H,32,37)(H,33,40)/b5-4+/t21-/m0/s1. The molecule has 11 nitrogen and oxygen atoms in total. The van der Waals surface area contributed by atoms with Crippen molar-refractivity contribution in [1.29, 1.82) is 0 Å². The fraction of sp³-hybridized carbons (Fsp3) is 0.483. The van der Waals surface area contributed by atoms with Crippen molar-refractivity contribution in [2.75, 3.05) is 26.2 Å². The molecule has 0 saturated carbocycles. The van der Waals surface area contributed by atoms with Gasteiger partial charge in [0.05, 0.1) is 5.56 Å². The van der Waals surface area contributed by atoms with Gasteiger partial charge in [-0.25, -0.2) is 4.79 Å². The number of rotatable bonds is 3. The molecule has 0 bridgehead atoms. The Labute approximate surface area is 242 Å². The van der Waals surface area contributed by atoms with Gasteiger partial charge in [0, 0.05) is 37.8 Å². The summed E-state index contributed by atoms with van der Waals surface area (Å²) in [6.45, 7) is 5.32. The maximum atomic E-state index is 13.4. The van der Waals surface area contributed by atoms with E-state index in [0.29, 0.717) is 56.1 Å². The molecule has 4 rings (SSSR count). The second-order valence-electron chi connectivity index (χ2n) is 11.2. The van der Waals surface area contributed by atoms with Crippen LogP contribution >= 0.6 is 11.6 Å². The van der Waals surface area contributed by atoms with Gasteiger partial charge in [-0.15, -0.1) is 0 Å². The molecule has 3 N–H and O–H groups in total.